The minimum absolute atomic E-state index is 0.302. The van der Waals surface area contributed by atoms with Gasteiger partial charge in [-0.2, -0.15) is 0 Å². The van der Waals surface area contributed by atoms with Crippen LogP contribution in [0.1, 0.15) is 23.6 Å². The second-order valence-corrected chi connectivity index (χ2v) is 15.2. The van der Waals surface area contributed by atoms with Crippen LogP contribution in [0.15, 0.2) is 186 Å². The van der Waals surface area contributed by atoms with E-state index < -0.39 is 0 Å². The fourth-order valence-corrected chi connectivity index (χ4v) is 10.2. The highest BCUT2D eigenvalue weighted by Crippen LogP contribution is 2.56. The number of hydrogen-bond donors (Lipinski definition) is 0. The molecule has 0 atom stereocenters. The minimum atomic E-state index is -0.302. The van der Waals surface area contributed by atoms with Crippen LogP contribution in [0.2, 0.25) is 0 Å². The Labute approximate surface area is 311 Å². The minimum Gasteiger partial charge on any atom is -0.454 e. The van der Waals surface area contributed by atoms with Crippen molar-refractivity contribution in [3.05, 3.63) is 199 Å². The van der Waals surface area contributed by atoms with E-state index in [0.29, 0.717) is 0 Å². The molecule has 53 heavy (non-hydrogen) atoms. The smallest absolute Gasteiger partial charge is 0.159 e. The van der Waals surface area contributed by atoms with Gasteiger partial charge in [0, 0.05) is 37.3 Å². The molecule has 8 aromatic carbocycles. The van der Waals surface area contributed by atoms with E-state index in [4.69, 9.17) is 4.42 Å². The molecular formula is C50H33NOS. The van der Waals surface area contributed by atoms with Crippen LogP contribution in [-0.4, -0.2) is 0 Å². The van der Waals surface area contributed by atoms with Gasteiger partial charge < -0.3 is 9.32 Å². The molecule has 250 valence electrons. The van der Waals surface area contributed by atoms with E-state index in [9.17, 15) is 0 Å². The molecule has 0 saturated heterocycles. The lowest BCUT2D eigenvalue weighted by atomic mass is 9.73. The van der Waals surface area contributed by atoms with E-state index in [-0.39, 0.29) is 5.41 Å². The topological polar surface area (TPSA) is 16.4 Å². The largest absolute Gasteiger partial charge is 0.454 e. The van der Waals surface area contributed by atoms with E-state index in [0.717, 1.165) is 39.0 Å². The first-order valence-electron chi connectivity index (χ1n) is 18.2. The highest BCUT2D eigenvalue weighted by Gasteiger charge is 2.41. The van der Waals surface area contributed by atoms with E-state index >= 15 is 0 Å². The van der Waals surface area contributed by atoms with Gasteiger partial charge in [-0.15, -0.1) is 11.3 Å². The zero-order valence-corrected chi connectivity index (χ0v) is 29.9. The fourth-order valence-electron chi connectivity index (χ4n) is 8.92. The standard InChI is InChI=1S/C50H33NOS/c1-50(40-21-8-5-16-35(40)36-17-6-9-22-41(36)50)42-23-13-27-46-47(42)39-20-12-25-44(49(39)53-46)51(34-30-28-33(29-31-34)32-14-3-2-4-15-32)43-24-11-19-38-37-18-7-10-26-45(37)52-48(38)43/h2-31H,1H3. The number of nitrogens with zero attached hydrogens (tertiary/aromatic N) is 1. The summed E-state index contributed by atoms with van der Waals surface area (Å²) >= 11 is 1.88. The van der Waals surface area contributed by atoms with Crippen LogP contribution in [0.25, 0.3) is 64.4 Å². The predicted octanol–water partition coefficient (Wildman–Crippen LogP) is 14.4. The first-order valence-corrected chi connectivity index (χ1v) is 19.0. The van der Waals surface area contributed by atoms with Crippen LogP contribution >= 0.6 is 11.3 Å². The Hall–Kier alpha value is -6.42. The second kappa shape index (κ2) is 11.5. The van der Waals surface area contributed by atoms with Crippen LogP contribution in [-0.2, 0) is 5.41 Å². The van der Waals surface area contributed by atoms with Crippen molar-refractivity contribution < 1.29 is 4.42 Å². The zero-order chi connectivity index (χ0) is 35.1. The van der Waals surface area contributed by atoms with Gasteiger partial charge in [0.05, 0.1) is 16.1 Å². The highest BCUT2D eigenvalue weighted by molar-refractivity contribution is 7.26. The molecule has 0 bridgehead atoms. The second-order valence-electron chi connectivity index (χ2n) is 14.2. The van der Waals surface area contributed by atoms with Gasteiger partial charge in [-0.05, 0) is 82.3 Å². The Morgan fingerprint density at radius 1 is 0.472 bits per heavy atom. The number of hydrogen-bond acceptors (Lipinski definition) is 3. The van der Waals surface area contributed by atoms with Gasteiger partial charge in [0.15, 0.2) is 5.58 Å². The van der Waals surface area contributed by atoms with Crippen molar-refractivity contribution in [2.45, 2.75) is 12.3 Å². The molecule has 0 spiro atoms. The van der Waals surface area contributed by atoms with E-state index in [2.05, 4.69) is 188 Å². The molecule has 0 amide bonds. The lowest BCUT2D eigenvalue weighted by Gasteiger charge is -2.29. The Balaban J connectivity index is 1.17. The molecule has 11 rings (SSSR count). The number of fused-ring (bicyclic) bond motifs is 9. The molecule has 0 aliphatic heterocycles. The van der Waals surface area contributed by atoms with Gasteiger partial charge in [-0.1, -0.05) is 146 Å². The van der Waals surface area contributed by atoms with E-state index in [1.807, 2.05) is 17.4 Å². The Morgan fingerprint density at radius 2 is 1.06 bits per heavy atom. The summed E-state index contributed by atoms with van der Waals surface area (Å²) in [4.78, 5) is 2.40. The first-order chi connectivity index (χ1) is 26.2. The van der Waals surface area contributed by atoms with E-state index in [1.54, 1.807) is 0 Å². The van der Waals surface area contributed by atoms with Gasteiger partial charge >= 0.3 is 0 Å². The first kappa shape index (κ1) is 30.2. The molecule has 2 aromatic heterocycles. The van der Waals surface area contributed by atoms with Gasteiger partial charge in [0.25, 0.3) is 0 Å². The van der Waals surface area contributed by atoms with Gasteiger partial charge in [0.2, 0.25) is 0 Å². The van der Waals surface area contributed by atoms with Crippen LogP contribution in [0.5, 0.6) is 0 Å². The third-order valence-electron chi connectivity index (χ3n) is 11.4. The molecule has 0 saturated carbocycles. The molecule has 2 heterocycles. The third kappa shape index (κ3) is 4.38. The van der Waals surface area contributed by atoms with Crippen LogP contribution in [0.3, 0.4) is 0 Å². The summed E-state index contributed by atoms with van der Waals surface area (Å²) in [5, 5.41) is 4.83. The molecular weight excluding hydrogens is 663 g/mol. The van der Waals surface area contributed by atoms with Crippen molar-refractivity contribution in [2.75, 3.05) is 4.90 Å². The predicted molar refractivity (Wildman–Crippen MR) is 224 cm³/mol. The third-order valence-corrected chi connectivity index (χ3v) is 12.6. The summed E-state index contributed by atoms with van der Waals surface area (Å²) in [5.41, 5.74) is 13.8. The maximum atomic E-state index is 6.70. The SMILES string of the molecule is CC1(c2cccc3sc4c(N(c5ccc(-c6ccccc6)cc5)c5cccc6c5oc5ccccc56)cccc4c23)c2ccccc2-c2ccccc21. The summed E-state index contributed by atoms with van der Waals surface area (Å²) in [6.45, 7) is 2.42. The molecule has 0 unspecified atom stereocenters. The summed E-state index contributed by atoms with van der Waals surface area (Å²) in [6.07, 6.45) is 0. The summed E-state index contributed by atoms with van der Waals surface area (Å²) in [6, 6.07) is 66.0. The van der Waals surface area contributed by atoms with E-state index in [1.165, 1.54) is 59.1 Å². The van der Waals surface area contributed by atoms with Gasteiger partial charge in [0.1, 0.15) is 5.58 Å². The lowest BCUT2D eigenvalue weighted by Crippen LogP contribution is -2.22. The van der Waals surface area contributed by atoms with Gasteiger partial charge in [-0.3, -0.25) is 0 Å². The number of anilines is 3. The maximum absolute atomic E-state index is 6.70. The lowest BCUT2D eigenvalue weighted by molar-refractivity contribution is 0.669. The normalized spacial score (nSPS) is 13.2. The molecule has 10 aromatic rings. The molecule has 3 heteroatoms. The van der Waals surface area contributed by atoms with Crippen molar-refractivity contribution in [3.8, 4) is 22.3 Å². The molecule has 0 N–H and O–H groups in total. The number of furan rings is 1. The zero-order valence-electron chi connectivity index (χ0n) is 29.1. The highest BCUT2D eigenvalue weighted by atomic mass is 32.1. The Bertz CT molecular complexity index is 2980. The summed E-state index contributed by atoms with van der Waals surface area (Å²) < 4.78 is 9.23. The van der Waals surface area contributed by atoms with Crippen LogP contribution in [0, 0.1) is 0 Å². The number of benzene rings is 8. The van der Waals surface area contributed by atoms with Crippen molar-refractivity contribution in [1.82, 2.24) is 0 Å². The molecule has 1 aliphatic carbocycles. The average molecular weight is 696 g/mol. The van der Waals surface area contributed by atoms with Crippen molar-refractivity contribution in [2.24, 2.45) is 0 Å². The van der Waals surface area contributed by atoms with Gasteiger partial charge in [-0.25, -0.2) is 0 Å². The maximum Gasteiger partial charge on any atom is 0.159 e. The van der Waals surface area contributed by atoms with Crippen LogP contribution in [0.4, 0.5) is 17.1 Å². The Morgan fingerprint density at radius 3 is 1.83 bits per heavy atom. The number of para-hydroxylation sites is 2. The molecule has 0 radical (unpaired) electrons. The monoisotopic (exact) mass is 695 g/mol. The van der Waals surface area contributed by atoms with Crippen molar-refractivity contribution >= 4 is 70.5 Å². The molecule has 1 aliphatic rings. The Kier molecular flexibility index (Phi) is 6.58. The summed E-state index contributed by atoms with van der Waals surface area (Å²) in [7, 11) is 0. The number of thiophene rings is 1. The number of rotatable bonds is 5. The molecule has 0 fully saturated rings. The van der Waals surface area contributed by atoms with Crippen molar-refractivity contribution in [1.29, 1.82) is 0 Å². The average Bonchev–Trinajstić information content (AvgIpc) is 3.88. The summed E-state index contributed by atoms with van der Waals surface area (Å²) in [5.74, 6) is 0. The quantitative estimate of drug-likeness (QED) is 0.178. The fraction of sp³-hybridized carbons (Fsp3) is 0.0400. The van der Waals surface area contributed by atoms with Crippen LogP contribution < -0.4 is 4.90 Å². The molecule has 2 nitrogen and oxygen atoms in total. The van der Waals surface area contributed by atoms with Crippen molar-refractivity contribution in [3.63, 3.8) is 0 Å².